The number of aromatic hydroxyl groups is 1. The number of nitrogens with zero attached hydrogens (tertiary/aromatic N) is 1. The number of hydrogen-bond acceptors (Lipinski definition) is 2. The van der Waals surface area contributed by atoms with Gasteiger partial charge < -0.3 is 10.0 Å². The zero-order valence-electron chi connectivity index (χ0n) is 12.4. The van der Waals surface area contributed by atoms with E-state index in [-0.39, 0.29) is 5.41 Å². The summed E-state index contributed by atoms with van der Waals surface area (Å²) in [6.07, 6.45) is 3.48. The lowest BCUT2D eigenvalue weighted by Gasteiger charge is -2.27. The van der Waals surface area contributed by atoms with E-state index in [0.29, 0.717) is 11.8 Å². The molecule has 1 aromatic rings. The second kappa shape index (κ2) is 6.24. The smallest absolute Gasteiger partial charge is 0.119 e. The Kier molecular flexibility index (Phi) is 5.21. The molecule has 0 bridgehead atoms. The first-order valence-electron chi connectivity index (χ1n) is 6.79. The van der Waals surface area contributed by atoms with Gasteiger partial charge in [-0.2, -0.15) is 0 Å². The predicted molar refractivity (Wildman–Crippen MR) is 78.1 cm³/mol. The molecule has 2 heteroatoms. The van der Waals surface area contributed by atoms with Crippen molar-refractivity contribution in [1.82, 2.24) is 4.90 Å². The maximum absolute atomic E-state index is 9.93. The maximum atomic E-state index is 9.93. The van der Waals surface area contributed by atoms with E-state index < -0.39 is 0 Å². The van der Waals surface area contributed by atoms with Gasteiger partial charge in [-0.15, -0.1) is 0 Å². The minimum absolute atomic E-state index is 0.0391. The SMILES string of the molecule is CC(CCCC(C)(C)c1ccccc1O)N(C)C. The molecular formula is C16H27NO. The van der Waals surface area contributed by atoms with Gasteiger partial charge in [0.05, 0.1) is 0 Å². The van der Waals surface area contributed by atoms with Crippen LogP contribution in [0.1, 0.15) is 45.6 Å². The molecular weight excluding hydrogens is 222 g/mol. The number of rotatable bonds is 6. The highest BCUT2D eigenvalue weighted by Gasteiger charge is 2.23. The summed E-state index contributed by atoms with van der Waals surface area (Å²) in [5.74, 6) is 0.420. The number of phenolic OH excluding ortho intramolecular Hbond substituents is 1. The van der Waals surface area contributed by atoms with E-state index in [1.54, 1.807) is 6.07 Å². The van der Waals surface area contributed by atoms with Crippen LogP contribution in [0.15, 0.2) is 24.3 Å². The molecule has 0 aliphatic rings. The second-order valence-electron chi connectivity index (χ2n) is 6.11. The summed E-state index contributed by atoms with van der Waals surface area (Å²) in [7, 11) is 4.25. The first-order chi connectivity index (χ1) is 8.34. The van der Waals surface area contributed by atoms with E-state index in [1.165, 1.54) is 12.8 Å². The van der Waals surface area contributed by atoms with Gasteiger partial charge in [-0.05, 0) is 50.9 Å². The molecule has 0 saturated carbocycles. The third-order valence-corrected chi connectivity index (χ3v) is 3.94. The molecule has 0 aliphatic heterocycles. The Morgan fingerprint density at radius 2 is 1.83 bits per heavy atom. The molecule has 1 rings (SSSR count). The Bertz CT molecular complexity index is 371. The first kappa shape index (κ1) is 15.0. The highest BCUT2D eigenvalue weighted by Crippen LogP contribution is 2.34. The molecule has 102 valence electrons. The molecule has 1 atom stereocenters. The standard InChI is InChI=1S/C16H27NO/c1-13(17(4)5)9-8-12-16(2,3)14-10-6-7-11-15(14)18/h6-7,10-11,13,18H,8-9,12H2,1-5H3. The summed E-state index contributed by atoms with van der Waals surface area (Å²) in [5.41, 5.74) is 1.10. The van der Waals surface area contributed by atoms with Crippen molar-refractivity contribution in [3.05, 3.63) is 29.8 Å². The maximum Gasteiger partial charge on any atom is 0.119 e. The zero-order valence-corrected chi connectivity index (χ0v) is 12.4. The lowest BCUT2D eigenvalue weighted by atomic mass is 9.79. The van der Waals surface area contributed by atoms with Gasteiger partial charge in [0.1, 0.15) is 5.75 Å². The quantitative estimate of drug-likeness (QED) is 0.829. The minimum Gasteiger partial charge on any atom is -0.508 e. The fourth-order valence-electron chi connectivity index (χ4n) is 2.28. The normalized spacial score (nSPS) is 13.9. The highest BCUT2D eigenvalue weighted by molar-refractivity contribution is 5.37. The van der Waals surface area contributed by atoms with Crippen LogP contribution in [0.4, 0.5) is 0 Å². The molecule has 1 aromatic carbocycles. The molecule has 0 radical (unpaired) electrons. The first-order valence-corrected chi connectivity index (χ1v) is 6.79. The van der Waals surface area contributed by atoms with Crippen molar-refractivity contribution in [2.75, 3.05) is 14.1 Å². The van der Waals surface area contributed by atoms with Gasteiger partial charge >= 0.3 is 0 Å². The lowest BCUT2D eigenvalue weighted by Crippen LogP contribution is -2.25. The average Bonchev–Trinajstić information content (AvgIpc) is 2.28. The molecule has 0 heterocycles. The van der Waals surface area contributed by atoms with E-state index in [9.17, 15) is 5.11 Å². The van der Waals surface area contributed by atoms with E-state index in [2.05, 4.69) is 39.8 Å². The number of para-hydroxylation sites is 1. The summed E-state index contributed by atoms with van der Waals surface area (Å²) in [5, 5.41) is 9.93. The van der Waals surface area contributed by atoms with Crippen molar-refractivity contribution in [1.29, 1.82) is 0 Å². The van der Waals surface area contributed by atoms with E-state index in [1.807, 2.05) is 18.2 Å². The minimum atomic E-state index is 0.0391. The summed E-state index contributed by atoms with van der Waals surface area (Å²) >= 11 is 0. The third-order valence-electron chi connectivity index (χ3n) is 3.94. The third kappa shape index (κ3) is 4.02. The van der Waals surface area contributed by atoms with Gasteiger partial charge in [0.25, 0.3) is 0 Å². The van der Waals surface area contributed by atoms with Gasteiger partial charge in [0.2, 0.25) is 0 Å². The molecule has 0 amide bonds. The van der Waals surface area contributed by atoms with Crippen molar-refractivity contribution < 1.29 is 5.11 Å². The number of hydrogen-bond donors (Lipinski definition) is 1. The number of phenols is 1. The largest absolute Gasteiger partial charge is 0.508 e. The fraction of sp³-hybridized carbons (Fsp3) is 0.625. The summed E-state index contributed by atoms with van der Waals surface area (Å²) in [4.78, 5) is 2.26. The van der Waals surface area contributed by atoms with Crippen LogP contribution in [0.3, 0.4) is 0 Å². The Morgan fingerprint density at radius 1 is 1.22 bits per heavy atom. The Balaban J connectivity index is 2.58. The monoisotopic (exact) mass is 249 g/mol. The average molecular weight is 249 g/mol. The van der Waals surface area contributed by atoms with Gasteiger partial charge in [0.15, 0.2) is 0 Å². The molecule has 18 heavy (non-hydrogen) atoms. The zero-order chi connectivity index (χ0) is 13.8. The Labute approximate surface area is 112 Å². The van der Waals surface area contributed by atoms with Crippen molar-refractivity contribution in [3.8, 4) is 5.75 Å². The van der Waals surface area contributed by atoms with Crippen molar-refractivity contribution in [3.63, 3.8) is 0 Å². The van der Waals surface area contributed by atoms with Crippen molar-refractivity contribution in [2.24, 2.45) is 0 Å². The van der Waals surface area contributed by atoms with Crippen LogP contribution >= 0.6 is 0 Å². The second-order valence-corrected chi connectivity index (χ2v) is 6.11. The summed E-state index contributed by atoms with van der Waals surface area (Å²) in [6, 6.07) is 8.30. The topological polar surface area (TPSA) is 23.5 Å². The van der Waals surface area contributed by atoms with Crippen LogP contribution in [0.5, 0.6) is 5.75 Å². The van der Waals surface area contributed by atoms with Crippen molar-refractivity contribution >= 4 is 0 Å². The molecule has 1 unspecified atom stereocenters. The lowest BCUT2D eigenvalue weighted by molar-refractivity contribution is 0.283. The van der Waals surface area contributed by atoms with Crippen molar-refractivity contribution in [2.45, 2.75) is 51.5 Å². The van der Waals surface area contributed by atoms with Crippen LogP contribution in [0.2, 0.25) is 0 Å². The van der Waals surface area contributed by atoms with Crippen LogP contribution in [-0.4, -0.2) is 30.1 Å². The molecule has 0 aromatic heterocycles. The number of benzene rings is 1. The van der Waals surface area contributed by atoms with Gasteiger partial charge in [-0.25, -0.2) is 0 Å². The Hall–Kier alpha value is -1.02. The van der Waals surface area contributed by atoms with E-state index >= 15 is 0 Å². The molecule has 0 spiro atoms. The Morgan fingerprint density at radius 3 is 2.39 bits per heavy atom. The fourth-order valence-corrected chi connectivity index (χ4v) is 2.28. The van der Waals surface area contributed by atoms with Crippen LogP contribution < -0.4 is 0 Å². The highest BCUT2D eigenvalue weighted by atomic mass is 16.3. The van der Waals surface area contributed by atoms with E-state index in [0.717, 1.165) is 12.0 Å². The predicted octanol–water partition coefficient (Wildman–Crippen LogP) is 3.79. The summed E-state index contributed by atoms with van der Waals surface area (Å²) < 4.78 is 0. The van der Waals surface area contributed by atoms with Crippen LogP contribution in [0.25, 0.3) is 0 Å². The molecule has 2 nitrogen and oxygen atoms in total. The van der Waals surface area contributed by atoms with Crippen LogP contribution in [-0.2, 0) is 5.41 Å². The van der Waals surface area contributed by atoms with Crippen LogP contribution in [0, 0.1) is 0 Å². The van der Waals surface area contributed by atoms with E-state index in [4.69, 9.17) is 0 Å². The molecule has 0 saturated heterocycles. The molecule has 0 fully saturated rings. The van der Waals surface area contributed by atoms with Gasteiger partial charge in [-0.3, -0.25) is 0 Å². The molecule has 0 aliphatic carbocycles. The summed E-state index contributed by atoms with van der Waals surface area (Å²) in [6.45, 7) is 6.68. The van der Waals surface area contributed by atoms with Gasteiger partial charge in [0, 0.05) is 6.04 Å². The van der Waals surface area contributed by atoms with Gasteiger partial charge in [-0.1, -0.05) is 38.5 Å². The molecule has 1 N–H and O–H groups in total.